The molecule has 0 saturated carbocycles. The molecule has 0 bridgehead atoms. The maximum atomic E-state index is 11.4. The molecule has 0 aromatic heterocycles. The van der Waals surface area contributed by atoms with E-state index in [0.717, 1.165) is 21.5 Å². The van der Waals surface area contributed by atoms with Gasteiger partial charge in [-0.05, 0) is 27.6 Å². The standard InChI is InChI=1S/C15H10O2.Na.H/c16-15(17)14-12-7-3-1-5-10(12)9-11-6-2-4-8-13(11)14;;/h1-9H,(H,16,17);;/q;+1;-1. The topological polar surface area (TPSA) is 37.3 Å². The molecule has 0 fully saturated rings. The van der Waals surface area contributed by atoms with Crippen LogP contribution in [0.4, 0.5) is 0 Å². The summed E-state index contributed by atoms with van der Waals surface area (Å²) >= 11 is 0. The van der Waals surface area contributed by atoms with Crippen molar-refractivity contribution < 1.29 is 40.9 Å². The second kappa shape index (κ2) is 5.11. The number of hydrogen-bond donors (Lipinski definition) is 1. The molecule has 0 saturated heterocycles. The fourth-order valence-electron chi connectivity index (χ4n) is 2.24. The summed E-state index contributed by atoms with van der Waals surface area (Å²) in [6.45, 7) is 0. The molecule has 18 heavy (non-hydrogen) atoms. The van der Waals surface area contributed by atoms with Crippen molar-refractivity contribution in [1.82, 2.24) is 0 Å². The number of benzene rings is 3. The van der Waals surface area contributed by atoms with Gasteiger partial charge < -0.3 is 6.53 Å². The number of hydrogen-bond acceptors (Lipinski definition) is 1. The number of rotatable bonds is 1. The number of carboxylic acids is 1. The van der Waals surface area contributed by atoms with Gasteiger partial charge in [-0.2, -0.15) is 0 Å². The average molecular weight is 246 g/mol. The Hall–Kier alpha value is -1.35. The molecule has 3 aromatic rings. The van der Waals surface area contributed by atoms with E-state index in [1.54, 1.807) is 0 Å². The molecule has 3 rings (SSSR count). The molecule has 0 amide bonds. The Balaban J connectivity index is 0.000000902. The van der Waals surface area contributed by atoms with Crippen molar-refractivity contribution in [3.63, 3.8) is 0 Å². The molecule has 0 heterocycles. The van der Waals surface area contributed by atoms with Crippen LogP contribution in [0.15, 0.2) is 54.6 Å². The largest absolute Gasteiger partial charge is 1.00 e. The van der Waals surface area contributed by atoms with Crippen LogP contribution in [0.5, 0.6) is 0 Å². The van der Waals surface area contributed by atoms with E-state index < -0.39 is 5.97 Å². The van der Waals surface area contributed by atoms with E-state index in [4.69, 9.17) is 0 Å². The molecule has 3 heteroatoms. The van der Waals surface area contributed by atoms with Crippen LogP contribution in [-0.2, 0) is 0 Å². The smallest absolute Gasteiger partial charge is 1.00 e. The van der Waals surface area contributed by atoms with E-state index in [9.17, 15) is 9.90 Å². The van der Waals surface area contributed by atoms with Crippen molar-refractivity contribution in [3.8, 4) is 0 Å². The molecule has 0 spiro atoms. The summed E-state index contributed by atoms with van der Waals surface area (Å²) in [5, 5.41) is 12.9. The molecule has 3 aromatic carbocycles. The summed E-state index contributed by atoms with van der Waals surface area (Å²) in [7, 11) is 0. The first-order valence-electron chi connectivity index (χ1n) is 5.41. The van der Waals surface area contributed by atoms with Crippen LogP contribution < -0.4 is 29.6 Å². The van der Waals surface area contributed by atoms with Crippen LogP contribution in [0, 0.1) is 0 Å². The second-order valence-corrected chi connectivity index (χ2v) is 4.00. The SMILES string of the molecule is O=C(O)c1c2ccccc2cc2ccccc12.[H-].[Na+]. The van der Waals surface area contributed by atoms with Gasteiger partial charge in [0.05, 0.1) is 5.56 Å². The van der Waals surface area contributed by atoms with Crippen molar-refractivity contribution in [2.45, 2.75) is 0 Å². The third kappa shape index (κ3) is 2.03. The van der Waals surface area contributed by atoms with Crippen LogP contribution in [-0.4, -0.2) is 11.1 Å². The molecule has 0 radical (unpaired) electrons. The van der Waals surface area contributed by atoms with Gasteiger partial charge in [0.2, 0.25) is 0 Å². The molecule has 0 aliphatic carbocycles. The quantitative estimate of drug-likeness (QED) is 0.509. The Morgan fingerprint density at radius 2 is 1.33 bits per heavy atom. The average Bonchev–Trinajstić information content (AvgIpc) is 2.35. The molecule has 0 unspecified atom stereocenters. The van der Waals surface area contributed by atoms with E-state index in [0.29, 0.717) is 5.56 Å². The first kappa shape index (κ1) is 13.1. The maximum absolute atomic E-state index is 11.4. The Bertz CT molecular complexity index is 686. The van der Waals surface area contributed by atoms with Crippen LogP contribution in [0.3, 0.4) is 0 Å². The van der Waals surface area contributed by atoms with E-state index >= 15 is 0 Å². The van der Waals surface area contributed by atoms with Gasteiger partial charge in [0.1, 0.15) is 0 Å². The van der Waals surface area contributed by atoms with Crippen molar-refractivity contribution in [3.05, 3.63) is 60.2 Å². The van der Waals surface area contributed by atoms with E-state index in [-0.39, 0.29) is 31.0 Å². The van der Waals surface area contributed by atoms with E-state index in [2.05, 4.69) is 0 Å². The van der Waals surface area contributed by atoms with Gasteiger partial charge in [-0.25, -0.2) is 4.79 Å². The van der Waals surface area contributed by atoms with E-state index in [1.807, 2.05) is 54.6 Å². The predicted molar refractivity (Wildman–Crippen MR) is 69.5 cm³/mol. The number of carboxylic acid groups (broad SMARTS) is 1. The van der Waals surface area contributed by atoms with Crippen molar-refractivity contribution in [2.75, 3.05) is 0 Å². The Morgan fingerprint density at radius 3 is 1.78 bits per heavy atom. The molecule has 84 valence electrons. The van der Waals surface area contributed by atoms with Gasteiger partial charge in [0.15, 0.2) is 0 Å². The first-order chi connectivity index (χ1) is 8.27. The predicted octanol–water partition coefficient (Wildman–Crippen LogP) is 0.808. The summed E-state index contributed by atoms with van der Waals surface area (Å²) in [4.78, 5) is 11.4. The van der Waals surface area contributed by atoms with Crippen LogP contribution >= 0.6 is 0 Å². The molecular formula is C15H11NaO2. The number of carbonyl (C=O) groups is 1. The minimum absolute atomic E-state index is 0. The summed E-state index contributed by atoms with van der Waals surface area (Å²) in [6, 6.07) is 17.2. The van der Waals surface area contributed by atoms with Gasteiger partial charge in [-0.15, -0.1) is 0 Å². The second-order valence-electron chi connectivity index (χ2n) is 4.00. The summed E-state index contributed by atoms with van der Waals surface area (Å²) in [5.74, 6) is -0.877. The van der Waals surface area contributed by atoms with Gasteiger partial charge in [-0.1, -0.05) is 48.5 Å². The van der Waals surface area contributed by atoms with Gasteiger partial charge in [0.25, 0.3) is 0 Å². The van der Waals surface area contributed by atoms with Gasteiger partial charge in [-0.3, -0.25) is 0 Å². The first-order valence-corrected chi connectivity index (χ1v) is 5.41. The van der Waals surface area contributed by atoms with Gasteiger partial charge in [0, 0.05) is 0 Å². The van der Waals surface area contributed by atoms with Crippen molar-refractivity contribution >= 4 is 27.5 Å². The minimum atomic E-state index is -0.877. The Kier molecular flexibility index (Phi) is 3.71. The van der Waals surface area contributed by atoms with Crippen molar-refractivity contribution in [2.24, 2.45) is 0 Å². The summed E-state index contributed by atoms with van der Waals surface area (Å²) in [6.07, 6.45) is 0. The van der Waals surface area contributed by atoms with Crippen LogP contribution in [0.1, 0.15) is 11.8 Å². The normalized spacial score (nSPS) is 10.2. The van der Waals surface area contributed by atoms with Crippen molar-refractivity contribution in [1.29, 1.82) is 0 Å². The van der Waals surface area contributed by atoms with Gasteiger partial charge >= 0.3 is 35.5 Å². The third-order valence-corrected chi connectivity index (χ3v) is 2.99. The fourth-order valence-corrected chi connectivity index (χ4v) is 2.24. The molecule has 1 N–H and O–H groups in total. The Morgan fingerprint density at radius 1 is 0.889 bits per heavy atom. The summed E-state index contributed by atoms with van der Waals surface area (Å²) < 4.78 is 0. The molecule has 0 atom stereocenters. The zero-order valence-electron chi connectivity index (χ0n) is 11.1. The molecule has 2 nitrogen and oxygen atoms in total. The number of aromatic carboxylic acids is 1. The van der Waals surface area contributed by atoms with E-state index in [1.165, 1.54) is 0 Å². The molecular weight excluding hydrogens is 235 g/mol. The zero-order valence-corrected chi connectivity index (χ0v) is 12.1. The maximum Gasteiger partial charge on any atom is 1.00 e. The third-order valence-electron chi connectivity index (χ3n) is 2.99. The molecule has 0 aliphatic heterocycles. The fraction of sp³-hybridized carbons (Fsp3) is 0. The summed E-state index contributed by atoms with van der Waals surface area (Å²) in [5.41, 5.74) is 0.388. The monoisotopic (exact) mass is 246 g/mol. The number of fused-ring (bicyclic) bond motifs is 2. The van der Waals surface area contributed by atoms with Crippen LogP contribution in [0.25, 0.3) is 21.5 Å². The Labute approximate surface area is 128 Å². The zero-order chi connectivity index (χ0) is 11.8. The van der Waals surface area contributed by atoms with Crippen LogP contribution in [0.2, 0.25) is 0 Å². The minimum Gasteiger partial charge on any atom is -1.00 e. The molecule has 0 aliphatic rings.